The molecule has 0 aromatic rings. The van der Waals surface area contributed by atoms with Gasteiger partial charge in [-0.15, -0.1) is 0 Å². The Labute approximate surface area is 288 Å². The van der Waals surface area contributed by atoms with E-state index >= 15 is 0 Å². The molecule has 1 amide bonds. The molecule has 0 aliphatic rings. The van der Waals surface area contributed by atoms with Crippen molar-refractivity contribution in [2.24, 2.45) is 0 Å². The highest BCUT2D eigenvalue weighted by Crippen LogP contribution is 2.43. The van der Waals surface area contributed by atoms with Gasteiger partial charge in [0.15, 0.2) is 0 Å². The molecular formula is C38H70N2O6P+. The third-order valence-electron chi connectivity index (χ3n) is 7.49. The van der Waals surface area contributed by atoms with Gasteiger partial charge in [0, 0.05) is 6.42 Å². The maximum atomic E-state index is 12.7. The number of quaternary nitrogens is 1. The Morgan fingerprint density at radius 3 is 1.85 bits per heavy atom. The van der Waals surface area contributed by atoms with Gasteiger partial charge in [-0.25, -0.2) is 4.57 Å². The zero-order valence-corrected chi connectivity index (χ0v) is 31.4. The van der Waals surface area contributed by atoms with E-state index in [2.05, 4.69) is 67.8 Å². The second kappa shape index (κ2) is 30.3. The van der Waals surface area contributed by atoms with Gasteiger partial charge in [-0.1, -0.05) is 126 Å². The van der Waals surface area contributed by atoms with Crippen molar-refractivity contribution in [1.82, 2.24) is 5.32 Å². The molecule has 0 fully saturated rings. The van der Waals surface area contributed by atoms with Crippen LogP contribution in [-0.2, 0) is 18.4 Å². The highest BCUT2D eigenvalue weighted by atomic mass is 31.2. The number of amides is 1. The molecular weight excluding hydrogens is 611 g/mol. The summed E-state index contributed by atoms with van der Waals surface area (Å²) >= 11 is 0. The van der Waals surface area contributed by atoms with E-state index in [0.29, 0.717) is 17.4 Å². The molecule has 0 saturated carbocycles. The van der Waals surface area contributed by atoms with Crippen molar-refractivity contribution >= 4 is 13.7 Å². The predicted octanol–water partition coefficient (Wildman–Crippen LogP) is 9.12. The first-order chi connectivity index (χ1) is 22.5. The molecule has 3 unspecified atom stereocenters. The van der Waals surface area contributed by atoms with Crippen LogP contribution in [0.5, 0.6) is 0 Å². The van der Waals surface area contributed by atoms with E-state index in [1.165, 1.54) is 32.1 Å². The number of allylic oxidation sites excluding steroid dienone is 9. The minimum Gasteiger partial charge on any atom is -0.387 e. The fourth-order valence-electron chi connectivity index (χ4n) is 4.54. The number of carbonyl (C=O) groups excluding carboxylic acids is 1. The average molecular weight is 682 g/mol. The van der Waals surface area contributed by atoms with E-state index in [1.54, 1.807) is 6.08 Å². The zero-order chi connectivity index (χ0) is 35.1. The number of phosphoric ester groups is 1. The fraction of sp³-hybridized carbons (Fsp3) is 0.711. The van der Waals surface area contributed by atoms with Crippen LogP contribution in [-0.4, -0.2) is 73.4 Å². The minimum atomic E-state index is -4.32. The molecule has 3 atom stereocenters. The number of nitrogens with one attached hydrogen (secondary N) is 1. The number of likely N-dealkylation sites (N-methyl/N-ethyl adjacent to an activating group) is 1. The first-order valence-electron chi connectivity index (χ1n) is 18.2. The lowest BCUT2D eigenvalue weighted by Gasteiger charge is -2.25. The van der Waals surface area contributed by atoms with Crippen molar-refractivity contribution in [3.05, 3.63) is 60.8 Å². The molecule has 0 aromatic carbocycles. The fourth-order valence-corrected chi connectivity index (χ4v) is 5.28. The smallest absolute Gasteiger partial charge is 0.387 e. The van der Waals surface area contributed by atoms with Gasteiger partial charge in [0.1, 0.15) is 13.2 Å². The Morgan fingerprint density at radius 1 is 0.745 bits per heavy atom. The molecule has 9 heteroatoms. The van der Waals surface area contributed by atoms with Gasteiger partial charge >= 0.3 is 7.82 Å². The third-order valence-corrected chi connectivity index (χ3v) is 8.48. The van der Waals surface area contributed by atoms with E-state index < -0.39 is 20.0 Å². The summed E-state index contributed by atoms with van der Waals surface area (Å²) in [6, 6.07) is -0.848. The normalized spacial score (nSPS) is 15.5. The number of carbonyl (C=O) groups is 1. The first-order valence-corrected chi connectivity index (χ1v) is 19.7. The van der Waals surface area contributed by atoms with E-state index in [9.17, 15) is 19.4 Å². The maximum absolute atomic E-state index is 12.7. The number of hydrogen-bond donors (Lipinski definition) is 3. The molecule has 0 aliphatic heterocycles. The Bertz CT molecular complexity index is 954. The zero-order valence-electron chi connectivity index (χ0n) is 30.5. The van der Waals surface area contributed by atoms with Crippen LogP contribution in [0.25, 0.3) is 0 Å². The van der Waals surface area contributed by atoms with Crippen LogP contribution >= 0.6 is 7.82 Å². The second-order valence-electron chi connectivity index (χ2n) is 13.2. The molecule has 0 spiro atoms. The molecule has 0 radical (unpaired) electrons. The molecule has 0 saturated heterocycles. The second-order valence-corrected chi connectivity index (χ2v) is 14.7. The Balaban J connectivity index is 4.18. The Kier molecular flexibility index (Phi) is 29.1. The summed E-state index contributed by atoms with van der Waals surface area (Å²) in [5.74, 6) is -0.200. The summed E-state index contributed by atoms with van der Waals surface area (Å²) in [5, 5.41) is 13.5. The number of aliphatic hydroxyl groups is 1. The summed E-state index contributed by atoms with van der Waals surface area (Å²) in [7, 11) is 1.54. The van der Waals surface area contributed by atoms with Crippen molar-refractivity contribution < 1.29 is 32.9 Å². The topological polar surface area (TPSA) is 105 Å². The predicted molar refractivity (Wildman–Crippen MR) is 198 cm³/mol. The maximum Gasteiger partial charge on any atom is 0.472 e. The molecule has 0 aliphatic carbocycles. The largest absolute Gasteiger partial charge is 0.472 e. The third kappa shape index (κ3) is 32.5. The summed E-state index contributed by atoms with van der Waals surface area (Å²) < 4.78 is 23.2. The molecule has 0 rings (SSSR count). The number of aliphatic hydroxyl groups excluding tert-OH is 1. The van der Waals surface area contributed by atoms with Gasteiger partial charge in [-0.2, -0.15) is 0 Å². The van der Waals surface area contributed by atoms with Gasteiger partial charge in [0.2, 0.25) is 5.91 Å². The van der Waals surface area contributed by atoms with Crippen LogP contribution < -0.4 is 5.32 Å². The van der Waals surface area contributed by atoms with Gasteiger partial charge in [-0.3, -0.25) is 13.8 Å². The molecule has 0 heterocycles. The van der Waals surface area contributed by atoms with Crippen LogP contribution in [0.3, 0.4) is 0 Å². The Hall–Kier alpha value is -1.80. The van der Waals surface area contributed by atoms with Gasteiger partial charge in [-0.05, 0) is 51.4 Å². The van der Waals surface area contributed by atoms with Crippen LogP contribution in [0.2, 0.25) is 0 Å². The summed E-state index contributed by atoms with van der Waals surface area (Å²) in [6.07, 6.45) is 37.7. The standard InChI is InChI=1S/C38H69N2O6P/c1-6-8-10-12-13-14-15-16-17-18-19-20-21-22-23-24-25-26-27-28-30-32-38(42)39-36(37(41)31-29-11-9-7-2)35-46-47(43,44)45-34-33-40(3,4)5/h8,10,13-14,16-17,19-20,29,31,36-37,41H,6-7,9,11-12,15,18,21-28,30,32-35H2,1-5H3,(H-,39,42,43,44)/p+1/b10-8-,14-13-,17-16-,20-19-,31-29+. The van der Waals surface area contributed by atoms with Crippen molar-refractivity contribution in [2.45, 2.75) is 135 Å². The monoisotopic (exact) mass is 681 g/mol. The number of phosphoric acid groups is 1. The van der Waals surface area contributed by atoms with E-state index in [4.69, 9.17) is 9.05 Å². The number of rotatable bonds is 31. The summed E-state index contributed by atoms with van der Waals surface area (Å²) in [6.45, 7) is 4.50. The minimum absolute atomic E-state index is 0.0554. The quantitative estimate of drug-likeness (QED) is 0.0292. The summed E-state index contributed by atoms with van der Waals surface area (Å²) in [5.41, 5.74) is 0. The summed E-state index contributed by atoms with van der Waals surface area (Å²) in [4.78, 5) is 22.8. The number of unbranched alkanes of at least 4 members (excludes halogenated alkanes) is 10. The number of hydrogen-bond acceptors (Lipinski definition) is 5. The van der Waals surface area contributed by atoms with Crippen LogP contribution in [0.4, 0.5) is 0 Å². The van der Waals surface area contributed by atoms with Crippen molar-refractivity contribution in [2.75, 3.05) is 40.9 Å². The van der Waals surface area contributed by atoms with E-state index in [-0.39, 0.29) is 19.1 Å². The van der Waals surface area contributed by atoms with Crippen LogP contribution in [0.15, 0.2) is 60.8 Å². The van der Waals surface area contributed by atoms with Gasteiger partial charge in [0.25, 0.3) is 0 Å². The van der Waals surface area contributed by atoms with Crippen molar-refractivity contribution in [1.29, 1.82) is 0 Å². The molecule has 3 N–H and O–H groups in total. The SMILES string of the molecule is CC/C=C\C/C=C\C/C=C\C/C=C\CCCCCCCCCCC(=O)NC(COP(=O)(O)OCC[N+](C)(C)C)C(O)/C=C/CCCC. The average Bonchev–Trinajstić information content (AvgIpc) is 3.01. The molecule has 8 nitrogen and oxygen atoms in total. The highest BCUT2D eigenvalue weighted by Gasteiger charge is 2.27. The lowest BCUT2D eigenvalue weighted by molar-refractivity contribution is -0.870. The van der Waals surface area contributed by atoms with Crippen molar-refractivity contribution in [3.8, 4) is 0 Å². The lowest BCUT2D eigenvalue weighted by Crippen LogP contribution is -2.45. The lowest BCUT2D eigenvalue weighted by atomic mass is 10.1. The van der Waals surface area contributed by atoms with Crippen LogP contribution in [0, 0.1) is 0 Å². The van der Waals surface area contributed by atoms with Gasteiger partial charge < -0.3 is 19.8 Å². The molecule has 47 heavy (non-hydrogen) atoms. The van der Waals surface area contributed by atoms with Crippen LogP contribution in [0.1, 0.15) is 123 Å². The first kappa shape index (κ1) is 45.2. The van der Waals surface area contributed by atoms with Crippen molar-refractivity contribution in [3.63, 3.8) is 0 Å². The molecule has 0 bridgehead atoms. The molecule has 0 aromatic heterocycles. The highest BCUT2D eigenvalue weighted by molar-refractivity contribution is 7.47. The van der Waals surface area contributed by atoms with E-state index in [0.717, 1.165) is 70.6 Å². The molecule has 272 valence electrons. The van der Waals surface area contributed by atoms with E-state index in [1.807, 2.05) is 27.2 Å². The Morgan fingerprint density at radius 2 is 1.28 bits per heavy atom. The number of nitrogens with zero attached hydrogens (tertiary/aromatic N) is 1. The van der Waals surface area contributed by atoms with Gasteiger partial charge in [0.05, 0.1) is 39.9 Å².